The molecule has 1 aromatic heterocycles. The number of carboxylic acid groups (broad SMARTS) is 1. The zero-order valence-electron chi connectivity index (χ0n) is 9.66. The van der Waals surface area contributed by atoms with Crippen LogP contribution in [0, 0.1) is 0 Å². The first-order valence-corrected chi connectivity index (χ1v) is 6.66. The Balaban J connectivity index is 2.74. The third-order valence-electron chi connectivity index (χ3n) is 2.27. The topological polar surface area (TPSA) is 40.5 Å². The lowest BCUT2D eigenvalue weighted by molar-refractivity contribution is -0.139. The van der Waals surface area contributed by atoms with Crippen LogP contribution in [0.1, 0.15) is 26.3 Å². The second-order valence-electron chi connectivity index (χ2n) is 4.68. The lowest BCUT2D eigenvalue weighted by Crippen LogP contribution is -2.43. The minimum Gasteiger partial charge on any atom is -0.480 e. The van der Waals surface area contributed by atoms with E-state index in [0.29, 0.717) is 6.54 Å². The summed E-state index contributed by atoms with van der Waals surface area (Å²) in [4.78, 5) is 12.8. The Kier molecular flexibility index (Phi) is 4.52. The summed E-state index contributed by atoms with van der Waals surface area (Å²) in [5.74, 6) is -0.788. The third-order valence-corrected chi connectivity index (χ3v) is 3.82. The first-order chi connectivity index (χ1) is 7.29. The van der Waals surface area contributed by atoms with Crippen molar-refractivity contribution in [3.63, 3.8) is 0 Å². The van der Waals surface area contributed by atoms with Gasteiger partial charge >= 0.3 is 5.97 Å². The average molecular weight is 306 g/mol. The monoisotopic (exact) mass is 305 g/mol. The Morgan fingerprint density at radius 1 is 1.56 bits per heavy atom. The maximum atomic E-state index is 10.8. The van der Waals surface area contributed by atoms with Gasteiger partial charge in [0.05, 0.1) is 10.3 Å². The highest BCUT2D eigenvalue weighted by Gasteiger charge is 2.23. The normalized spacial score (nSPS) is 12.1. The lowest BCUT2D eigenvalue weighted by Gasteiger charge is -2.34. The molecule has 0 atom stereocenters. The first-order valence-electron chi connectivity index (χ1n) is 4.99. The molecule has 1 N–H and O–H groups in total. The number of aliphatic carboxylic acids is 1. The van der Waals surface area contributed by atoms with Gasteiger partial charge in [0.15, 0.2) is 0 Å². The number of carbonyl (C=O) groups is 1. The molecule has 0 fully saturated rings. The molecule has 0 saturated carbocycles. The van der Waals surface area contributed by atoms with Crippen LogP contribution in [-0.2, 0) is 11.3 Å². The van der Waals surface area contributed by atoms with E-state index >= 15 is 0 Å². The van der Waals surface area contributed by atoms with E-state index in [0.717, 1.165) is 9.35 Å². The fourth-order valence-corrected chi connectivity index (χ4v) is 2.54. The number of halogens is 1. The van der Waals surface area contributed by atoms with Gasteiger partial charge in [0.2, 0.25) is 0 Å². The summed E-state index contributed by atoms with van der Waals surface area (Å²) in [5.41, 5.74) is 1.00. The van der Waals surface area contributed by atoms with Crippen molar-refractivity contribution in [1.29, 1.82) is 0 Å². The van der Waals surface area contributed by atoms with E-state index in [1.807, 2.05) is 37.1 Å². The molecule has 0 aliphatic rings. The SMILES string of the molecule is CC(C)(C)N(CC(=O)O)Cc1csc(Br)c1. The van der Waals surface area contributed by atoms with E-state index < -0.39 is 5.97 Å². The van der Waals surface area contributed by atoms with Gasteiger partial charge in [-0.1, -0.05) is 0 Å². The van der Waals surface area contributed by atoms with Crippen LogP contribution >= 0.6 is 27.3 Å². The third kappa shape index (κ3) is 4.23. The Morgan fingerprint density at radius 3 is 2.56 bits per heavy atom. The number of thiophene rings is 1. The first kappa shape index (κ1) is 13.7. The van der Waals surface area contributed by atoms with Gasteiger partial charge in [0.25, 0.3) is 0 Å². The molecule has 0 amide bonds. The molecule has 0 aliphatic heterocycles. The molecule has 0 saturated heterocycles. The van der Waals surface area contributed by atoms with Gasteiger partial charge in [-0.05, 0) is 53.7 Å². The van der Waals surface area contributed by atoms with Gasteiger partial charge in [-0.25, -0.2) is 0 Å². The van der Waals surface area contributed by atoms with Crippen LogP contribution in [0.4, 0.5) is 0 Å². The molecule has 0 aliphatic carbocycles. The Morgan fingerprint density at radius 2 is 2.19 bits per heavy atom. The molecule has 0 aromatic carbocycles. The van der Waals surface area contributed by atoms with E-state index in [4.69, 9.17) is 5.11 Å². The highest BCUT2D eigenvalue weighted by atomic mass is 79.9. The molecular weight excluding hydrogens is 290 g/mol. The van der Waals surface area contributed by atoms with Gasteiger partial charge in [-0.15, -0.1) is 11.3 Å². The van der Waals surface area contributed by atoms with E-state index in [1.54, 1.807) is 11.3 Å². The van der Waals surface area contributed by atoms with Crippen molar-refractivity contribution in [2.75, 3.05) is 6.54 Å². The van der Waals surface area contributed by atoms with Gasteiger partial charge in [0.1, 0.15) is 0 Å². The summed E-state index contributed by atoms with van der Waals surface area (Å²) >= 11 is 5.03. The van der Waals surface area contributed by atoms with Crippen LogP contribution in [0.2, 0.25) is 0 Å². The molecule has 0 radical (unpaired) electrons. The van der Waals surface area contributed by atoms with Crippen LogP contribution in [0.3, 0.4) is 0 Å². The predicted molar refractivity (Wildman–Crippen MR) is 69.8 cm³/mol. The summed E-state index contributed by atoms with van der Waals surface area (Å²) < 4.78 is 1.08. The minimum atomic E-state index is -0.788. The van der Waals surface area contributed by atoms with Gasteiger partial charge in [0, 0.05) is 12.1 Å². The zero-order valence-corrected chi connectivity index (χ0v) is 12.1. The van der Waals surface area contributed by atoms with Crippen molar-refractivity contribution in [2.24, 2.45) is 0 Å². The Bertz CT molecular complexity index is 370. The highest BCUT2D eigenvalue weighted by Crippen LogP contribution is 2.24. The van der Waals surface area contributed by atoms with Crippen LogP contribution in [-0.4, -0.2) is 28.1 Å². The summed E-state index contributed by atoms with van der Waals surface area (Å²) in [6, 6.07) is 2.03. The molecule has 0 spiro atoms. The van der Waals surface area contributed by atoms with Gasteiger partial charge in [-0.3, -0.25) is 9.69 Å². The van der Waals surface area contributed by atoms with Crippen LogP contribution in [0.15, 0.2) is 15.2 Å². The quantitative estimate of drug-likeness (QED) is 0.928. The molecule has 0 unspecified atom stereocenters. The zero-order chi connectivity index (χ0) is 12.3. The van der Waals surface area contributed by atoms with E-state index in [-0.39, 0.29) is 12.1 Å². The summed E-state index contributed by atoms with van der Waals surface area (Å²) in [5, 5.41) is 10.9. The minimum absolute atomic E-state index is 0.0664. The second-order valence-corrected chi connectivity index (χ2v) is 6.97. The largest absolute Gasteiger partial charge is 0.480 e. The van der Waals surface area contributed by atoms with Crippen LogP contribution < -0.4 is 0 Å². The van der Waals surface area contributed by atoms with Crippen LogP contribution in [0.5, 0.6) is 0 Å². The van der Waals surface area contributed by atoms with Crippen molar-refractivity contribution < 1.29 is 9.90 Å². The molecule has 16 heavy (non-hydrogen) atoms. The number of hydrogen-bond acceptors (Lipinski definition) is 3. The Labute approximate surface area is 108 Å². The summed E-state index contributed by atoms with van der Waals surface area (Å²) in [6.45, 7) is 6.81. The molecule has 1 aromatic rings. The molecule has 1 rings (SSSR count). The van der Waals surface area contributed by atoms with E-state index in [2.05, 4.69) is 15.9 Å². The van der Waals surface area contributed by atoms with Crippen molar-refractivity contribution in [1.82, 2.24) is 4.90 Å². The van der Waals surface area contributed by atoms with E-state index in [1.165, 1.54) is 0 Å². The van der Waals surface area contributed by atoms with Crippen molar-refractivity contribution in [3.8, 4) is 0 Å². The molecule has 3 nitrogen and oxygen atoms in total. The van der Waals surface area contributed by atoms with Crippen molar-refractivity contribution in [2.45, 2.75) is 32.9 Å². The maximum absolute atomic E-state index is 10.8. The van der Waals surface area contributed by atoms with Gasteiger partial charge in [-0.2, -0.15) is 0 Å². The molecular formula is C11H16BrNO2S. The number of rotatable bonds is 4. The van der Waals surface area contributed by atoms with Crippen LogP contribution in [0.25, 0.3) is 0 Å². The Hall–Kier alpha value is -0.390. The summed E-state index contributed by atoms with van der Waals surface area (Å²) in [7, 11) is 0. The predicted octanol–water partition coefficient (Wildman–Crippen LogP) is 3.20. The van der Waals surface area contributed by atoms with E-state index in [9.17, 15) is 4.79 Å². The smallest absolute Gasteiger partial charge is 0.317 e. The average Bonchev–Trinajstić information content (AvgIpc) is 2.47. The van der Waals surface area contributed by atoms with Gasteiger partial charge < -0.3 is 5.11 Å². The fraction of sp³-hybridized carbons (Fsp3) is 0.545. The fourth-order valence-electron chi connectivity index (χ4n) is 1.34. The molecule has 0 bridgehead atoms. The van der Waals surface area contributed by atoms with Crippen molar-refractivity contribution in [3.05, 3.63) is 20.8 Å². The molecule has 90 valence electrons. The molecule has 5 heteroatoms. The number of hydrogen-bond donors (Lipinski definition) is 1. The highest BCUT2D eigenvalue weighted by molar-refractivity contribution is 9.11. The summed E-state index contributed by atoms with van der Waals surface area (Å²) in [6.07, 6.45) is 0. The number of carboxylic acids is 1. The number of nitrogens with zero attached hydrogens (tertiary/aromatic N) is 1. The second kappa shape index (κ2) is 5.29. The van der Waals surface area contributed by atoms with Crippen molar-refractivity contribution >= 4 is 33.2 Å². The standard InChI is InChI=1S/C11H16BrNO2S/c1-11(2,3)13(6-10(14)15)5-8-4-9(12)16-7-8/h4,7H,5-6H2,1-3H3,(H,14,15). The molecule has 1 heterocycles. The lowest BCUT2D eigenvalue weighted by atomic mass is 10.1. The maximum Gasteiger partial charge on any atom is 0.317 e.